The monoisotopic (exact) mass is 335 g/mol. The molecule has 0 fully saturated rings. The summed E-state index contributed by atoms with van der Waals surface area (Å²) in [5.41, 5.74) is 1.23. The van der Waals surface area contributed by atoms with Crippen molar-refractivity contribution in [1.82, 2.24) is 10.2 Å². The van der Waals surface area contributed by atoms with Gasteiger partial charge in [0, 0.05) is 5.56 Å². The molecule has 0 aliphatic carbocycles. The number of hydrogen-bond acceptors (Lipinski definition) is 6. The van der Waals surface area contributed by atoms with Crippen LogP contribution in [0, 0.1) is 11.3 Å². The molecule has 0 unspecified atom stereocenters. The maximum Gasteiger partial charge on any atom is 0.254 e. The summed E-state index contributed by atoms with van der Waals surface area (Å²) >= 11 is 0. The highest BCUT2D eigenvalue weighted by Gasteiger charge is 2.15. The van der Waals surface area contributed by atoms with Gasteiger partial charge < -0.3 is 14.3 Å². The van der Waals surface area contributed by atoms with E-state index in [0.717, 1.165) is 11.1 Å². The molecule has 3 rings (SSSR count). The fourth-order valence-corrected chi connectivity index (χ4v) is 2.22. The largest absolute Gasteiger partial charge is 0.484 e. The highest BCUT2D eigenvalue weighted by molar-refractivity contribution is 5.54. The Kier molecular flexibility index (Phi) is 4.50. The first-order valence-electron chi connectivity index (χ1n) is 7.74. The number of aromatic nitrogens is 2. The average molecular weight is 335 g/mol. The van der Waals surface area contributed by atoms with Crippen molar-refractivity contribution in [3.63, 3.8) is 0 Å². The fraction of sp³-hybridized carbons (Fsp3) is 0.211. The zero-order valence-corrected chi connectivity index (χ0v) is 13.9. The van der Waals surface area contributed by atoms with Crippen molar-refractivity contribution in [3.8, 4) is 23.3 Å². The summed E-state index contributed by atoms with van der Waals surface area (Å²) < 4.78 is 11.2. The molecule has 0 spiro atoms. The number of hydrogen-bond donors (Lipinski definition) is 1. The minimum atomic E-state index is -0.888. The first-order chi connectivity index (χ1) is 12.0. The zero-order chi connectivity index (χ0) is 17.9. The zero-order valence-electron chi connectivity index (χ0n) is 13.9. The van der Waals surface area contributed by atoms with Gasteiger partial charge >= 0.3 is 0 Å². The van der Waals surface area contributed by atoms with E-state index < -0.39 is 5.60 Å². The molecule has 0 aliphatic rings. The fourth-order valence-electron chi connectivity index (χ4n) is 2.22. The lowest BCUT2D eigenvalue weighted by atomic mass is 9.99. The van der Waals surface area contributed by atoms with Crippen LogP contribution in [0.15, 0.2) is 52.9 Å². The van der Waals surface area contributed by atoms with Crippen molar-refractivity contribution in [2.75, 3.05) is 0 Å². The van der Waals surface area contributed by atoms with Crippen LogP contribution in [0.1, 0.15) is 30.9 Å². The minimum Gasteiger partial charge on any atom is -0.484 e. The van der Waals surface area contributed by atoms with Gasteiger partial charge in [0.2, 0.25) is 5.89 Å². The standard InChI is InChI=1S/C19H17N3O3/c1-19(2,23)15-7-9-16(10-8-15)24-12-17-21-22-18(25-17)14-5-3-13(11-20)4-6-14/h3-10,23H,12H2,1-2H3. The molecular formula is C19H17N3O3. The van der Waals surface area contributed by atoms with Gasteiger partial charge in [0.15, 0.2) is 6.61 Å². The smallest absolute Gasteiger partial charge is 0.254 e. The molecule has 1 heterocycles. The second-order valence-electron chi connectivity index (χ2n) is 6.06. The maximum absolute atomic E-state index is 9.94. The SMILES string of the molecule is CC(C)(O)c1ccc(OCc2nnc(-c3ccc(C#N)cc3)o2)cc1. The summed E-state index contributed by atoms with van der Waals surface area (Å²) in [5, 5.41) is 26.7. The summed E-state index contributed by atoms with van der Waals surface area (Å²) in [5.74, 6) is 1.37. The molecule has 3 aromatic rings. The number of benzene rings is 2. The highest BCUT2D eigenvalue weighted by Crippen LogP contribution is 2.23. The number of aliphatic hydroxyl groups is 1. The average Bonchev–Trinajstić information content (AvgIpc) is 3.09. The van der Waals surface area contributed by atoms with Crippen molar-refractivity contribution in [1.29, 1.82) is 5.26 Å². The molecule has 2 aromatic carbocycles. The molecule has 0 saturated carbocycles. The lowest BCUT2D eigenvalue weighted by Crippen LogP contribution is -2.14. The molecule has 0 amide bonds. The third-order valence-electron chi connectivity index (χ3n) is 3.65. The van der Waals surface area contributed by atoms with Crippen LogP contribution in [0.4, 0.5) is 0 Å². The Balaban J connectivity index is 1.64. The lowest BCUT2D eigenvalue weighted by Gasteiger charge is -2.17. The second kappa shape index (κ2) is 6.75. The van der Waals surface area contributed by atoms with Gasteiger partial charge in [0.1, 0.15) is 5.75 Å². The number of nitriles is 1. The molecule has 126 valence electrons. The molecule has 0 aliphatic heterocycles. The third-order valence-corrected chi connectivity index (χ3v) is 3.65. The topological polar surface area (TPSA) is 92.2 Å². The number of ether oxygens (including phenoxy) is 1. The summed E-state index contributed by atoms with van der Waals surface area (Å²) in [6.45, 7) is 3.60. The van der Waals surface area contributed by atoms with E-state index in [1.54, 1.807) is 50.2 Å². The van der Waals surface area contributed by atoms with Gasteiger partial charge in [0.25, 0.3) is 5.89 Å². The predicted octanol–water partition coefficient (Wildman–Crippen LogP) is 3.41. The van der Waals surface area contributed by atoms with Gasteiger partial charge in [-0.2, -0.15) is 5.26 Å². The van der Waals surface area contributed by atoms with Crippen LogP contribution in [0.25, 0.3) is 11.5 Å². The molecule has 1 N–H and O–H groups in total. The van der Waals surface area contributed by atoms with E-state index in [9.17, 15) is 5.11 Å². The van der Waals surface area contributed by atoms with E-state index in [1.165, 1.54) is 0 Å². The molecule has 6 nitrogen and oxygen atoms in total. The van der Waals surface area contributed by atoms with E-state index in [4.69, 9.17) is 14.4 Å². The van der Waals surface area contributed by atoms with E-state index in [1.807, 2.05) is 12.1 Å². The van der Waals surface area contributed by atoms with Crippen LogP contribution >= 0.6 is 0 Å². The molecule has 0 bridgehead atoms. The third kappa shape index (κ3) is 4.03. The first kappa shape index (κ1) is 16.7. The molecule has 0 atom stereocenters. The van der Waals surface area contributed by atoms with Gasteiger partial charge in [-0.25, -0.2) is 0 Å². The Labute approximate surface area is 145 Å². The van der Waals surface area contributed by atoms with Crippen LogP contribution in [-0.2, 0) is 12.2 Å². The minimum absolute atomic E-state index is 0.144. The van der Waals surface area contributed by atoms with Gasteiger partial charge in [-0.15, -0.1) is 10.2 Å². The Hall–Kier alpha value is -3.17. The first-order valence-corrected chi connectivity index (χ1v) is 7.74. The highest BCUT2D eigenvalue weighted by atomic mass is 16.5. The van der Waals surface area contributed by atoms with E-state index in [-0.39, 0.29) is 6.61 Å². The van der Waals surface area contributed by atoms with Crippen molar-refractivity contribution in [2.45, 2.75) is 26.1 Å². The summed E-state index contributed by atoms with van der Waals surface area (Å²) in [4.78, 5) is 0. The van der Waals surface area contributed by atoms with E-state index >= 15 is 0 Å². The Morgan fingerprint density at radius 3 is 2.36 bits per heavy atom. The summed E-state index contributed by atoms with van der Waals surface area (Å²) in [6, 6.07) is 16.1. The number of nitrogens with zero attached hydrogens (tertiary/aromatic N) is 3. The number of rotatable bonds is 5. The van der Waals surface area contributed by atoms with Crippen LogP contribution < -0.4 is 4.74 Å². The van der Waals surface area contributed by atoms with Gasteiger partial charge in [-0.05, 0) is 55.8 Å². The Bertz CT molecular complexity index is 885. The van der Waals surface area contributed by atoms with Gasteiger partial charge in [-0.3, -0.25) is 0 Å². The van der Waals surface area contributed by atoms with Gasteiger partial charge in [-0.1, -0.05) is 12.1 Å². The molecule has 1 aromatic heterocycles. The molecule has 0 radical (unpaired) electrons. The van der Waals surface area contributed by atoms with Crippen molar-refractivity contribution < 1.29 is 14.3 Å². The predicted molar refractivity (Wildman–Crippen MR) is 90.5 cm³/mol. The second-order valence-corrected chi connectivity index (χ2v) is 6.06. The summed E-state index contributed by atoms with van der Waals surface area (Å²) in [6.07, 6.45) is 0. The normalized spacial score (nSPS) is 11.1. The van der Waals surface area contributed by atoms with Crippen LogP contribution in [0.2, 0.25) is 0 Å². The van der Waals surface area contributed by atoms with Crippen molar-refractivity contribution >= 4 is 0 Å². The molecule has 6 heteroatoms. The van der Waals surface area contributed by atoms with Crippen LogP contribution in [-0.4, -0.2) is 15.3 Å². The quantitative estimate of drug-likeness (QED) is 0.768. The van der Waals surface area contributed by atoms with Crippen LogP contribution in [0.5, 0.6) is 5.75 Å². The van der Waals surface area contributed by atoms with E-state index in [0.29, 0.717) is 23.1 Å². The van der Waals surface area contributed by atoms with Crippen LogP contribution in [0.3, 0.4) is 0 Å². The molecular weight excluding hydrogens is 318 g/mol. The van der Waals surface area contributed by atoms with Crippen molar-refractivity contribution in [2.24, 2.45) is 0 Å². The summed E-state index contributed by atoms with van der Waals surface area (Å²) in [7, 11) is 0. The Morgan fingerprint density at radius 1 is 1.08 bits per heavy atom. The molecule has 0 saturated heterocycles. The lowest BCUT2D eigenvalue weighted by molar-refractivity contribution is 0.0785. The van der Waals surface area contributed by atoms with Crippen molar-refractivity contribution in [3.05, 3.63) is 65.5 Å². The van der Waals surface area contributed by atoms with E-state index in [2.05, 4.69) is 16.3 Å². The maximum atomic E-state index is 9.94. The van der Waals surface area contributed by atoms with Gasteiger partial charge in [0.05, 0.1) is 17.2 Å². The Morgan fingerprint density at radius 2 is 1.76 bits per heavy atom. The molecule has 25 heavy (non-hydrogen) atoms.